The van der Waals surface area contributed by atoms with E-state index in [1.807, 2.05) is 0 Å². The van der Waals surface area contributed by atoms with Crippen molar-refractivity contribution in [1.29, 1.82) is 0 Å². The zero-order valence-corrected chi connectivity index (χ0v) is 13.0. The number of anilines is 1. The average Bonchev–Trinajstić information content (AvgIpc) is 3.03. The van der Waals surface area contributed by atoms with Gasteiger partial charge >= 0.3 is 5.97 Å². The summed E-state index contributed by atoms with van der Waals surface area (Å²) in [7, 11) is 1.38. The van der Waals surface area contributed by atoms with E-state index in [2.05, 4.69) is 20.4 Å². The number of carboxylic acid groups (broad SMARTS) is 1. The van der Waals surface area contributed by atoms with Crippen LogP contribution in [0.2, 0.25) is 0 Å². The van der Waals surface area contributed by atoms with Gasteiger partial charge in [0.05, 0.1) is 32.2 Å². The molecule has 130 valence electrons. The second-order valence-corrected chi connectivity index (χ2v) is 5.08. The molecule has 0 fully saturated rings. The van der Waals surface area contributed by atoms with Crippen LogP contribution in [0.25, 0.3) is 5.65 Å². The highest BCUT2D eigenvalue weighted by Crippen LogP contribution is 2.26. The summed E-state index contributed by atoms with van der Waals surface area (Å²) >= 11 is 0. The van der Waals surface area contributed by atoms with Crippen LogP contribution < -0.4 is 10.1 Å². The average molecular weight is 347 g/mol. The largest absolute Gasteiger partial charge is 0.481 e. The highest BCUT2D eigenvalue weighted by atomic mass is 19.1. The van der Waals surface area contributed by atoms with E-state index < -0.39 is 17.8 Å². The van der Waals surface area contributed by atoms with Gasteiger partial charge in [0.25, 0.3) is 0 Å². The second-order valence-electron chi connectivity index (χ2n) is 5.08. The molecule has 0 aliphatic heterocycles. The van der Waals surface area contributed by atoms with Crippen LogP contribution in [0.1, 0.15) is 22.0 Å². The molecule has 0 saturated heterocycles. The van der Waals surface area contributed by atoms with Crippen molar-refractivity contribution in [3.8, 4) is 5.88 Å². The fourth-order valence-corrected chi connectivity index (χ4v) is 2.36. The van der Waals surface area contributed by atoms with E-state index in [-0.39, 0.29) is 29.5 Å². The van der Waals surface area contributed by atoms with Crippen LogP contribution in [0.3, 0.4) is 0 Å². The minimum Gasteiger partial charge on any atom is -0.481 e. The predicted molar refractivity (Wildman–Crippen MR) is 84.1 cm³/mol. The SMILES string of the molecule is COc1ncc(F)cc1C(CO)Nc1ccn2ncc(C(=O)O)c2n1. The number of hydrogen-bond donors (Lipinski definition) is 3. The molecule has 0 amide bonds. The Morgan fingerprint density at radius 3 is 2.96 bits per heavy atom. The Morgan fingerprint density at radius 2 is 2.28 bits per heavy atom. The topological polar surface area (TPSA) is 122 Å². The molecule has 10 heteroatoms. The van der Waals surface area contributed by atoms with E-state index >= 15 is 0 Å². The summed E-state index contributed by atoms with van der Waals surface area (Å²) in [6, 6.07) is 1.98. The molecule has 1 atom stereocenters. The number of nitrogens with zero attached hydrogens (tertiary/aromatic N) is 4. The molecule has 25 heavy (non-hydrogen) atoms. The van der Waals surface area contributed by atoms with Crippen molar-refractivity contribution in [3.05, 3.63) is 47.7 Å². The molecular formula is C15H14FN5O4. The molecule has 9 nitrogen and oxygen atoms in total. The van der Waals surface area contributed by atoms with Crippen LogP contribution in [-0.2, 0) is 0 Å². The van der Waals surface area contributed by atoms with Crippen LogP contribution in [0, 0.1) is 5.82 Å². The summed E-state index contributed by atoms with van der Waals surface area (Å²) in [5.41, 5.74) is 0.381. The van der Waals surface area contributed by atoms with Crippen LogP contribution in [0.5, 0.6) is 5.88 Å². The third-order valence-corrected chi connectivity index (χ3v) is 3.52. The van der Waals surface area contributed by atoms with Gasteiger partial charge < -0.3 is 20.3 Å². The van der Waals surface area contributed by atoms with Crippen LogP contribution in [0.15, 0.2) is 30.7 Å². The van der Waals surface area contributed by atoms with Crippen molar-refractivity contribution in [2.24, 2.45) is 0 Å². The van der Waals surface area contributed by atoms with Gasteiger partial charge in [-0.1, -0.05) is 0 Å². The van der Waals surface area contributed by atoms with E-state index in [1.54, 1.807) is 6.07 Å². The number of halogens is 1. The Kier molecular flexibility index (Phi) is 4.44. The quantitative estimate of drug-likeness (QED) is 0.606. The van der Waals surface area contributed by atoms with Crippen LogP contribution in [0.4, 0.5) is 10.2 Å². The van der Waals surface area contributed by atoms with Crippen LogP contribution in [-0.4, -0.2) is 49.5 Å². The number of aromatic carboxylic acids is 1. The lowest BCUT2D eigenvalue weighted by Gasteiger charge is -2.19. The zero-order valence-electron chi connectivity index (χ0n) is 13.0. The number of aliphatic hydroxyl groups excluding tert-OH is 1. The molecule has 0 aliphatic rings. The van der Waals surface area contributed by atoms with Gasteiger partial charge in [-0.15, -0.1) is 0 Å². The predicted octanol–water partition coefficient (Wildman–Crippen LogP) is 1.12. The van der Waals surface area contributed by atoms with Gasteiger partial charge in [-0.25, -0.2) is 23.7 Å². The van der Waals surface area contributed by atoms with Gasteiger partial charge in [-0.05, 0) is 12.1 Å². The van der Waals surface area contributed by atoms with Gasteiger partial charge in [-0.3, -0.25) is 0 Å². The molecule has 0 saturated carbocycles. The smallest absolute Gasteiger partial charge is 0.341 e. The van der Waals surface area contributed by atoms with E-state index in [0.29, 0.717) is 5.56 Å². The molecule has 3 N–H and O–H groups in total. The minimum absolute atomic E-state index is 0.0609. The number of ether oxygens (including phenoxy) is 1. The Balaban J connectivity index is 1.97. The Hall–Kier alpha value is -3.27. The van der Waals surface area contributed by atoms with Gasteiger partial charge in [0, 0.05) is 11.8 Å². The number of carboxylic acids is 1. The number of fused-ring (bicyclic) bond motifs is 1. The van der Waals surface area contributed by atoms with Gasteiger partial charge in [0.1, 0.15) is 17.2 Å². The first kappa shape index (κ1) is 16.6. The van der Waals surface area contributed by atoms with Gasteiger partial charge in [-0.2, -0.15) is 5.10 Å². The fraction of sp³-hybridized carbons (Fsp3) is 0.200. The molecule has 0 spiro atoms. The third kappa shape index (κ3) is 3.19. The van der Waals surface area contributed by atoms with Crippen molar-refractivity contribution in [1.82, 2.24) is 19.6 Å². The first-order valence-corrected chi connectivity index (χ1v) is 7.18. The number of carbonyl (C=O) groups is 1. The molecule has 0 radical (unpaired) electrons. The number of pyridine rings is 1. The molecule has 3 rings (SSSR count). The molecule has 3 aromatic rings. The second kappa shape index (κ2) is 6.69. The molecule has 0 bridgehead atoms. The first-order chi connectivity index (χ1) is 12.0. The molecule has 3 heterocycles. The summed E-state index contributed by atoms with van der Waals surface area (Å²) in [5, 5.41) is 25.6. The van der Waals surface area contributed by atoms with E-state index in [0.717, 1.165) is 6.20 Å². The van der Waals surface area contributed by atoms with Crippen LogP contribution >= 0.6 is 0 Å². The summed E-state index contributed by atoms with van der Waals surface area (Å²) in [5.74, 6) is -1.30. The van der Waals surface area contributed by atoms with Gasteiger partial charge in [0.15, 0.2) is 5.65 Å². The zero-order chi connectivity index (χ0) is 18.0. The van der Waals surface area contributed by atoms with Gasteiger partial charge in [0.2, 0.25) is 5.88 Å². The summed E-state index contributed by atoms with van der Waals surface area (Å²) < 4.78 is 19.9. The Morgan fingerprint density at radius 1 is 1.48 bits per heavy atom. The molecule has 0 aliphatic carbocycles. The maximum Gasteiger partial charge on any atom is 0.341 e. The number of aromatic nitrogens is 4. The van der Waals surface area contributed by atoms with E-state index in [9.17, 15) is 14.3 Å². The fourth-order valence-electron chi connectivity index (χ4n) is 2.36. The highest BCUT2D eigenvalue weighted by Gasteiger charge is 2.19. The number of aliphatic hydroxyl groups is 1. The summed E-state index contributed by atoms with van der Waals surface area (Å²) in [4.78, 5) is 19.2. The number of methoxy groups -OCH3 is 1. The maximum atomic E-state index is 13.5. The molecule has 3 aromatic heterocycles. The van der Waals surface area contributed by atoms with Crippen molar-refractivity contribution in [3.63, 3.8) is 0 Å². The van der Waals surface area contributed by atoms with Crippen molar-refractivity contribution < 1.29 is 24.1 Å². The van der Waals surface area contributed by atoms with Crippen molar-refractivity contribution >= 4 is 17.4 Å². The molecule has 1 unspecified atom stereocenters. The third-order valence-electron chi connectivity index (χ3n) is 3.52. The summed E-state index contributed by atoms with van der Waals surface area (Å²) in [6.45, 7) is -0.389. The minimum atomic E-state index is -1.16. The van der Waals surface area contributed by atoms with Crippen molar-refractivity contribution in [2.45, 2.75) is 6.04 Å². The van der Waals surface area contributed by atoms with E-state index in [1.165, 1.54) is 30.1 Å². The maximum absolute atomic E-state index is 13.5. The molecule has 0 aromatic carbocycles. The lowest BCUT2D eigenvalue weighted by atomic mass is 10.1. The monoisotopic (exact) mass is 347 g/mol. The first-order valence-electron chi connectivity index (χ1n) is 7.18. The Labute approximate surface area is 140 Å². The highest BCUT2D eigenvalue weighted by molar-refractivity contribution is 5.94. The van der Waals surface area contributed by atoms with Crippen molar-refractivity contribution in [2.75, 3.05) is 19.0 Å². The number of nitrogens with one attached hydrogen (secondary N) is 1. The lowest BCUT2D eigenvalue weighted by Crippen LogP contribution is -2.17. The normalized spacial score (nSPS) is 12.1. The Bertz CT molecular complexity index is 929. The van der Waals surface area contributed by atoms with E-state index in [4.69, 9.17) is 9.84 Å². The summed E-state index contributed by atoms with van der Waals surface area (Å²) in [6.07, 6.45) is 3.72. The molecular weight excluding hydrogens is 333 g/mol. The number of rotatable bonds is 6. The number of hydrogen-bond acceptors (Lipinski definition) is 7. The standard InChI is InChI=1S/C15H14FN5O4/c1-25-14-9(4-8(16)5-17-14)11(7-22)19-12-2-3-21-13(20-12)10(6-18-21)15(23)24/h2-6,11,22H,7H2,1H3,(H,19,20)(H,23,24). The lowest BCUT2D eigenvalue weighted by molar-refractivity contribution is 0.0698.